The van der Waals surface area contributed by atoms with E-state index in [2.05, 4.69) is 5.32 Å². The highest BCUT2D eigenvalue weighted by atomic mass is 35.5. The summed E-state index contributed by atoms with van der Waals surface area (Å²) < 4.78 is 6.21. The molecule has 2 aromatic carbocycles. The molecule has 2 amide bonds. The van der Waals surface area contributed by atoms with Crippen LogP contribution in [0.5, 0.6) is 0 Å². The second kappa shape index (κ2) is 8.09. The molecule has 1 aliphatic rings. The number of ether oxygens (including phenoxy) is 1. The normalized spacial score (nSPS) is 14.3. The highest BCUT2D eigenvalue weighted by molar-refractivity contribution is 7.21. The van der Waals surface area contributed by atoms with Crippen molar-refractivity contribution in [2.75, 3.05) is 31.6 Å². The molecule has 0 aliphatic carbocycles. The van der Waals surface area contributed by atoms with E-state index in [0.717, 1.165) is 10.1 Å². The van der Waals surface area contributed by atoms with Crippen LogP contribution >= 0.6 is 34.5 Å². The van der Waals surface area contributed by atoms with Crippen molar-refractivity contribution in [2.45, 2.75) is 0 Å². The molecule has 144 valence electrons. The lowest BCUT2D eigenvalue weighted by molar-refractivity contribution is 0.0303. The highest BCUT2D eigenvalue weighted by Crippen LogP contribution is 2.36. The zero-order valence-electron chi connectivity index (χ0n) is 14.7. The van der Waals surface area contributed by atoms with Crippen LogP contribution in [-0.4, -0.2) is 43.0 Å². The zero-order chi connectivity index (χ0) is 19.7. The minimum absolute atomic E-state index is 0.115. The smallest absolute Gasteiger partial charge is 0.267 e. The predicted octanol–water partition coefficient (Wildman–Crippen LogP) is 4.93. The third-order valence-corrected chi connectivity index (χ3v) is 6.50. The van der Waals surface area contributed by atoms with E-state index in [0.29, 0.717) is 52.5 Å². The van der Waals surface area contributed by atoms with Crippen LogP contribution in [0.25, 0.3) is 10.1 Å². The Morgan fingerprint density at radius 3 is 2.57 bits per heavy atom. The van der Waals surface area contributed by atoms with Crippen molar-refractivity contribution in [1.82, 2.24) is 4.90 Å². The number of halogens is 2. The number of morpholine rings is 1. The molecule has 0 radical (unpaired) electrons. The summed E-state index contributed by atoms with van der Waals surface area (Å²) in [5.74, 6) is -0.473. The largest absolute Gasteiger partial charge is 0.378 e. The van der Waals surface area contributed by atoms with Crippen molar-refractivity contribution in [3.05, 3.63) is 63.0 Å². The molecule has 1 N–H and O–H groups in total. The number of fused-ring (bicyclic) bond motifs is 1. The van der Waals surface area contributed by atoms with Crippen LogP contribution in [0.2, 0.25) is 10.0 Å². The van der Waals surface area contributed by atoms with Crippen molar-refractivity contribution < 1.29 is 14.3 Å². The number of nitrogens with one attached hydrogen (secondary N) is 1. The molecule has 0 spiro atoms. The van der Waals surface area contributed by atoms with Gasteiger partial charge in [-0.1, -0.05) is 41.4 Å². The first-order chi connectivity index (χ1) is 13.5. The number of amides is 2. The van der Waals surface area contributed by atoms with Crippen LogP contribution in [0.1, 0.15) is 20.0 Å². The Balaban J connectivity index is 1.59. The van der Waals surface area contributed by atoms with Gasteiger partial charge >= 0.3 is 0 Å². The van der Waals surface area contributed by atoms with Crippen molar-refractivity contribution in [3.63, 3.8) is 0 Å². The Bertz CT molecular complexity index is 1060. The molecule has 1 fully saturated rings. The van der Waals surface area contributed by atoms with E-state index in [1.165, 1.54) is 11.3 Å². The van der Waals surface area contributed by atoms with Crippen molar-refractivity contribution >= 4 is 62.1 Å². The first kappa shape index (κ1) is 19.2. The van der Waals surface area contributed by atoms with Crippen LogP contribution in [0.15, 0.2) is 42.5 Å². The number of rotatable bonds is 3. The summed E-state index contributed by atoms with van der Waals surface area (Å²) in [7, 11) is 0. The number of carbonyl (C=O) groups is 2. The minimum atomic E-state index is -0.357. The van der Waals surface area contributed by atoms with E-state index in [1.807, 2.05) is 24.3 Å². The van der Waals surface area contributed by atoms with Gasteiger partial charge in [-0.3, -0.25) is 9.59 Å². The summed E-state index contributed by atoms with van der Waals surface area (Å²) >= 11 is 13.9. The lowest BCUT2D eigenvalue weighted by Crippen LogP contribution is -2.40. The maximum atomic E-state index is 12.8. The quantitative estimate of drug-likeness (QED) is 0.635. The number of anilines is 1. The van der Waals surface area contributed by atoms with Gasteiger partial charge < -0.3 is 15.0 Å². The highest BCUT2D eigenvalue weighted by Gasteiger charge is 2.21. The molecule has 4 rings (SSSR count). The van der Waals surface area contributed by atoms with Gasteiger partial charge in [-0.25, -0.2) is 0 Å². The molecule has 0 atom stereocenters. The summed E-state index contributed by atoms with van der Waals surface area (Å²) in [5.41, 5.74) is 0.836. The maximum Gasteiger partial charge on any atom is 0.267 e. The van der Waals surface area contributed by atoms with Gasteiger partial charge in [0, 0.05) is 28.7 Å². The molecule has 1 saturated heterocycles. The Morgan fingerprint density at radius 2 is 1.82 bits per heavy atom. The van der Waals surface area contributed by atoms with Crippen LogP contribution in [0.4, 0.5) is 5.69 Å². The van der Waals surface area contributed by atoms with E-state index in [9.17, 15) is 9.59 Å². The SMILES string of the molecule is O=C(Nc1cc(C(=O)N2CCOCC2)ccc1Cl)c1sc2ccccc2c1Cl. The van der Waals surface area contributed by atoms with Gasteiger partial charge in [0.25, 0.3) is 11.8 Å². The number of thiophene rings is 1. The lowest BCUT2D eigenvalue weighted by Gasteiger charge is -2.27. The molecular formula is C20H16Cl2N2O3S. The standard InChI is InChI=1S/C20H16Cl2N2O3S/c21-14-6-5-12(20(26)24-7-9-27-10-8-24)11-15(14)23-19(25)18-17(22)13-3-1-2-4-16(13)28-18/h1-6,11H,7-10H2,(H,23,25). The van der Waals surface area contributed by atoms with E-state index >= 15 is 0 Å². The summed E-state index contributed by atoms with van der Waals surface area (Å²) in [6.45, 7) is 2.13. The first-order valence-corrected chi connectivity index (χ1v) is 10.3. The average molecular weight is 435 g/mol. The van der Waals surface area contributed by atoms with Gasteiger partial charge in [0.1, 0.15) is 4.88 Å². The van der Waals surface area contributed by atoms with E-state index in [4.69, 9.17) is 27.9 Å². The molecule has 3 aromatic rings. The number of carbonyl (C=O) groups excluding carboxylic acids is 2. The van der Waals surface area contributed by atoms with Gasteiger partial charge in [0.2, 0.25) is 0 Å². The monoisotopic (exact) mass is 434 g/mol. The molecule has 1 aromatic heterocycles. The van der Waals surface area contributed by atoms with Crippen molar-refractivity contribution in [3.8, 4) is 0 Å². The number of nitrogens with zero attached hydrogens (tertiary/aromatic N) is 1. The topological polar surface area (TPSA) is 58.6 Å². The lowest BCUT2D eigenvalue weighted by atomic mass is 10.1. The summed E-state index contributed by atoms with van der Waals surface area (Å²) in [5, 5.41) is 4.38. The van der Waals surface area contributed by atoms with Crippen LogP contribution < -0.4 is 5.32 Å². The fourth-order valence-electron chi connectivity index (χ4n) is 3.04. The number of hydrogen-bond acceptors (Lipinski definition) is 4. The van der Waals surface area contributed by atoms with Crippen LogP contribution in [0.3, 0.4) is 0 Å². The average Bonchev–Trinajstić information content (AvgIpc) is 3.07. The third kappa shape index (κ3) is 3.73. The van der Waals surface area contributed by atoms with Crippen LogP contribution in [0, 0.1) is 0 Å². The minimum Gasteiger partial charge on any atom is -0.378 e. The van der Waals surface area contributed by atoms with E-state index < -0.39 is 0 Å². The second-order valence-electron chi connectivity index (χ2n) is 6.29. The van der Waals surface area contributed by atoms with Crippen molar-refractivity contribution in [1.29, 1.82) is 0 Å². The van der Waals surface area contributed by atoms with Crippen molar-refractivity contribution in [2.24, 2.45) is 0 Å². The number of benzene rings is 2. The number of hydrogen-bond donors (Lipinski definition) is 1. The summed E-state index contributed by atoms with van der Waals surface area (Å²) in [4.78, 5) is 27.6. The maximum absolute atomic E-state index is 12.8. The fraction of sp³-hybridized carbons (Fsp3) is 0.200. The molecule has 0 unspecified atom stereocenters. The summed E-state index contributed by atoms with van der Waals surface area (Å²) in [6.07, 6.45) is 0. The van der Waals surface area contributed by atoms with E-state index in [1.54, 1.807) is 23.1 Å². The molecule has 8 heteroatoms. The summed E-state index contributed by atoms with van der Waals surface area (Å²) in [6, 6.07) is 12.4. The Morgan fingerprint density at radius 1 is 1.07 bits per heavy atom. The second-order valence-corrected chi connectivity index (χ2v) is 8.13. The Hall–Kier alpha value is -2.12. The Labute approximate surface area is 175 Å². The van der Waals surface area contributed by atoms with Gasteiger partial charge in [-0.05, 0) is 24.3 Å². The molecular weight excluding hydrogens is 419 g/mol. The third-order valence-electron chi connectivity index (χ3n) is 4.50. The van der Waals surface area contributed by atoms with Gasteiger partial charge in [-0.2, -0.15) is 0 Å². The Kier molecular flexibility index (Phi) is 5.55. The van der Waals surface area contributed by atoms with Crippen LogP contribution in [-0.2, 0) is 4.74 Å². The molecule has 0 saturated carbocycles. The molecule has 28 heavy (non-hydrogen) atoms. The van der Waals surface area contributed by atoms with E-state index in [-0.39, 0.29) is 11.8 Å². The molecule has 2 heterocycles. The van der Waals surface area contributed by atoms with Gasteiger partial charge in [0.05, 0.1) is 28.9 Å². The van der Waals surface area contributed by atoms with Gasteiger partial charge in [0.15, 0.2) is 0 Å². The fourth-order valence-corrected chi connectivity index (χ4v) is 4.62. The predicted molar refractivity (Wildman–Crippen MR) is 113 cm³/mol. The molecule has 5 nitrogen and oxygen atoms in total. The van der Waals surface area contributed by atoms with Gasteiger partial charge in [-0.15, -0.1) is 11.3 Å². The molecule has 1 aliphatic heterocycles. The zero-order valence-corrected chi connectivity index (χ0v) is 17.0. The molecule has 0 bridgehead atoms. The first-order valence-electron chi connectivity index (χ1n) is 8.69.